The molecule has 0 fully saturated rings. The van der Waals surface area contributed by atoms with Crippen molar-refractivity contribution in [1.82, 2.24) is 4.98 Å². The Kier molecular flexibility index (Phi) is 4.37. The average molecular weight is 285 g/mol. The molecule has 0 atom stereocenters. The Balaban J connectivity index is 2.59. The number of nitrogens with zero attached hydrogens (tertiary/aromatic N) is 1. The van der Waals surface area contributed by atoms with Gasteiger partial charge in [0.15, 0.2) is 5.58 Å². The molecule has 0 amide bonds. The van der Waals surface area contributed by atoms with Crippen molar-refractivity contribution in [1.29, 1.82) is 0 Å². The fourth-order valence-corrected chi connectivity index (χ4v) is 3.51. The molecule has 0 unspecified atom stereocenters. The molecule has 6 nitrogen and oxygen atoms in total. The van der Waals surface area contributed by atoms with Crippen LogP contribution in [0.4, 0.5) is 0 Å². The van der Waals surface area contributed by atoms with E-state index in [2.05, 4.69) is 4.98 Å². The lowest BCUT2D eigenvalue weighted by atomic mass is 10.3. The third-order valence-corrected chi connectivity index (χ3v) is 4.62. The number of para-hydroxylation sites is 1. The Morgan fingerprint density at radius 3 is 2.58 bits per heavy atom. The van der Waals surface area contributed by atoms with E-state index < -0.39 is 7.60 Å². The van der Waals surface area contributed by atoms with E-state index in [0.717, 1.165) is 0 Å². The fourth-order valence-electron chi connectivity index (χ4n) is 1.78. The fraction of sp³-hybridized carbons (Fsp3) is 0.417. The minimum Gasteiger partial charge on any atom is -0.438 e. The highest BCUT2D eigenvalue weighted by molar-refractivity contribution is 7.62. The molecule has 0 saturated carbocycles. The standard InChI is InChI=1S/C12H16NO5P/c1-3-16-19(15,17-4-2)10-7-5-6-9-12(10)13-11(8-14)18-9/h5-7,14H,3-4,8H2,1-2H3. The van der Waals surface area contributed by atoms with Gasteiger partial charge >= 0.3 is 7.60 Å². The van der Waals surface area contributed by atoms with Crippen LogP contribution in [0.5, 0.6) is 0 Å². The Hall–Kier alpha value is -1.20. The minimum atomic E-state index is -3.42. The van der Waals surface area contributed by atoms with Gasteiger partial charge in [0.05, 0.1) is 18.5 Å². The zero-order valence-electron chi connectivity index (χ0n) is 10.8. The average Bonchev–Trinajstić information content (AvgIpc) is 2.81. The lowest BCUT2D eigenvalue weighted by Crippen LogP contribution is -2.12. The van der Waals surface area contributed by atoms with Crippen molar-refractivity contribution in [2.45, 2.75) is 20.5 Å². The van der Waals surface area contributed by atoms with E-state index in [0.29, 0.717) is 16.4 Å². The van der Waals surface area contributed by atoms with Crippen LogP contribution >= 0.6 is 7.60 Å². The molecule has 19 heavy (non-hydrogen) atoms. The summed E-state index contributed by atoms with van der Waals surface area (Å²) in [5.41, 5.74) is 0.845. The van der Waals surface area contributed by atoms with Crippen LogP contribution in [0.25, 0.3) is 11.1 Å². The maximum absolute atomic E-state index is 12.7. The first-order chi connectivity index (χ1) is 9.14. The molecular weight excluding hydrogens is 269 g/mol. The van der Waals surface area contributed by atoms with Crippen LogP contribution in [0.2, 0.25) is 0 Å². The summed E-state index contributed by atoms with van der Waals surface area (Å²) in [6, 6.07) is 5.01. The first-order valence-electron chi connectivity index (χ1n) is 6.03. The summed E-state index contributed by atoms with van der Waals surface area (Å²) in [5, 5.41) is 9.41. The summed E-state index contributed by atoms with van der Waals surface area (Å²) in [5.74, 6) is 0.169. The number of hydrogen-bond donors (Lipinski definition) is 1. The van der Waals surface area contributed by atoms with Crippen molar-refractivity contribution >= 4 is 24.0 Å². The largest absolute Gasteiger partial charge is 0.438 e. The van der Waals surface area contributed by atoms with E-state index >= 15 is 0 Å². The van der Waals surface area contributed by atoms with Gasteiger partial charge < -0.3 is 18.6 Å². The van der Waals surface area contributed by atoms with Crippen molar-refractivity contribution in [2.75, 3.05) is 13.2 Å². The van der Waals surface area contributed by atoms with Crippen LogP contribution in [0.3, 0.4) is 0 Å². The van der Waals surface area contributed by atoms with Crippen molar-refractivity contribution in [3.8, 4) is 0 Å². The zero-order valence-corrected chi connectivity index (χ0v) is 11.7. The predicted molar refractivity (Wildman–Crippen MR) is 70.4 cm³/mol. The molecule has 0 spiro atoms. The van der Waals surface area contributed by atoms with Crippen LogP contribution in [0.1, 0.15) is 19.7 Å². The van der Waals surface area contributed by atoms with Crippen molar-refractivity contribution in [3.63, 3.8) is 0 Å². The molecular formula is C12H16NO5P. The SMILES string of the molecule is CCOP(=O)(OCC)c1cccc2oc(CO)nc12. The molecule has 0 radical (unpaired) electrons. The molecule has 0 aliphatic rings. The molecule has 0 aliphatic heterocycles. The van der Waals surface area contributed by atoms with Gasteiger partial charge in [-0.3, -0.25) is 4.57 Å². The lowest BCUT2D eigenvalue weighted by Gasteiger charge is -2.16. The number of oxazole rings is 1. The van der Waals surface area contributed by atoms with Gasteiger partial charge in [-0.2, -0.15) is 0 Å². The Morgan fingerprint density at radius 2 is 2.00 bits per heavy atom. The Morgan fingerprint density at radius 1 is 1.32 bits per heavy atom. The van der Waals surface area contributed by atoms with Gasteiger partial charge in [0.25, 0.3) is 0 Å². The van der Waals surface area contributed by atoms with Gasteiger partial charge in [-0.15, -0.1) is 0 Å². The van der Waals surface area contributed by atoms with Crippen molar-refractivity contribution in [3.05, 3.63) is 24.1 Å². The number of aliphatic hydroxyl groups excluding tert-OH is 1. The number of aromatic nitrogens is 1. The van der Waals surface area contributed by atoms with Gasteiger partial charge in [0.2, 0.25) is 5.89 Å². The lowest BCUT2D eigenvalue weighted by molar-refractivity contribution is 0.230. The van der Waals surface area contributed by atoms with E-state index in [4.69, 9.17) is 18.6 Å². The Labute approximate surface area is 110 Å². The van der Waals surface area contributed by atoms with Gasteiger partial charge in [-0.05, 0) is 26.0 Å². The van der Waals surface area contributed by atoms with Gasteiger partial charge in [-0.25, -0.2) is 4.98 Å². The monoisotopic (exact) mass is 285 g/mol. The summed E-state index contributed by atoms with van der Waals surface area (Å²) < 4.78 is 28.6. The highest BCUT2D eigenvalue weighted by atomic mass is 31.2. The molecule has 2 aromatic rings. The summed E-state index contributed by atoms with van der Waals surface area (Å²) in [7, 11) is -3.42. The molecule has 1 heterocycles. The third kappa shape index (κ3) is 2.72. The number of rotatable bonds is 6. The summed E-state index contributed by atoms with van der Waals surface area (Å²) in [6.07, 6.45) is 0. The maximum Gasteiger partial charge on any atom is 0.363 e. The van der Waals surface area contributed by atoms with E-state index in [9.17, 15) is 4.57 Å². The van der Waals surface area contributed by atoms with Gasteiger partial charge in [-0.1, -0.05) is 6.07 Å². The topological polar surface area (TPSA) is 81.8 Å². The second-order valence-electron chi connectivity index (χ2n) is 3.72. The summed E-state index contributed by atoms with van der Waals surface area (Å²) in [4.78, 5) is 4.11. The molecule has 1 aromatic heterocycles. The number of fused-ring (bicyclic) bond motifs is 1. The van der Waals surface area contributed by atoms with Gasteiger partial charge in [0.1, 0.15) is 12.1 Å². The molecule has 2 rings (SSSR count). The third-order valence-electron chi connectivity index (χ3n) is 2.47. The maximum atomic E-state index is 12.7. The quantitative estimate of drug-likeness (QED) is 0.819. The molecule has 1 N–H and O–H groups in total. The predicted octanol–water partition coefficient (Wildman–Crippen LogP) is 2.21. The minimum absolute atomic E-state index is 0.169. The number of hydrogen-bond acceptors (Lipinski definition) is 6. The van der Waals surface area contributed by atoms with Crippen molar-refractivity contribution < 1.29 is 23.1 Å². The van der Waals surface area contributed by atoms with Crippen LogP contribution in [0, 0.1) is 0 Å². The normalized spacial score (nSPS) is 12.2. The highest BCUT2D eigenvalue weighted by Crippen LogP contribution is 2.48. The molecule has 0 bridgehead atoms. The smallest absolute Gasteiger partial charge is 0.363 e. The first kappa shape index (κ1) is 14.2. The first-order valence-corrected chi connectivity index (χ1v) is 7.57. The van der Waals surface area contributed by atoms with E-state index in [1.54, 1.807) is 32.0 Å². The molecule has 0 saturated heterocycles. The second kappa shape index (κ2) is 5.84. The van der Waals surface area contributed by atoms with Crippen LogP contribution in [-0.2, 0) is 20.2 Å². The molecule has 7 heteroatoms. The number of benzene rings is 1. The zero-order chi connectivity index (χ0) is 13.9. The van der Waals surface area contributed by atoms with Gasteiger partial charge in [0, 0.05) is 0 Å². The summed E-state index contributed by atoms with van der Waals surface area (Å²) in [6.45, 7) is 3.69. The van der Waals surface area contributed by atoms with E-state index in [1.807, 2.05) is 0 Å². The van der Waals surface area contributed by atoms with E-state index in [1.165, 1.54) is 0 Å². The molecule has 1 aromatic carbocycles. The summed E-state index contributed by atoms with van der Waals surface area (Å²) >= 11 is 0. The molecule has 104 valence electrons. The van der Waals surface area contributed by atoms with Crippen LogP contribution in [-0.4, -0.2) is 23.3 Å². The highest BCUT2D eigenvalue weighted by Gasteiger charge is 2.30. The van der Waals surface area contributed by atoms with Crippen molar-refractivity contribution in [2.24, 2.45) is 0 Å². The molecule has 0 aliphatic carbocycles. The number of aliphatic hydroxyl groups is 1. The second-order valence-corrected chi connectivity index (χ2v) is 5.72. The van der Waals surface area contributed by atoms with E-state index in [-0.39, 0.29) is 25.7 Å². The Bertz CT molecular complexity index is 599. The van der Waals surface area contributed by atoms with Crippen LogP contribution in [0.15, 0.2) is 22.6 Å². The van der Waals surface area contributed by atoms with Crippen LogP contribution < -0.4 is 5.30 Å².